The Hall–Kier alpha value is -1.14. The number of aromatic nitrogens is 2. The predicted octanol–water partition coefficient (Wildman–Crippen LogP) is 0.893. The lowest BCUT2D eigenvalue weighted by atomic mass is 10.2. The van der Waals surface area contributed by atoms with Crippen LogP contribution in [0.3, 0.4) is 0 Å². The van der Waals surface area contributed by atoms with Gasteiger partial charge < -0.3 is 19.2 Å². The van der Waals surface area contributed by atoms with Gasteiger partial charge in [-0.3, -0.25) is 4.79 Å². The fourth-order valence-corrected chi connectivity index (χ4v) is 3.03. The van der Waals surface area contributed by atoms with E-state index in [0.717, 1.165) is 29.9 Å². The lowest BCUT2D eigenvalue weighted by Crippen LogP contribution is -2.41. The standard InChI is InChI=1S/C12H17N3O2S/c16-11(14-4-6-17-7-5-14)8-9-10-2-1-3-15(10)12(18)13-9/h1-8H2,(H,13,18). The summed E-state index contributed by atoms with van der Waals surface area (Å²) in [4.78, 5) is 17.2. The third-order valence-corrected chi connectivity index (χ3v) is 3.99. The zero-order chi connectivity index (χ0) is 12.5. The van der Waals surface area contributed by atoms with E-state index < -0.39 is 0 Å². The smallest absolute Gasteiger partial charge is 0.228 e. The van der Waals surface area contributed by atoms with Crippen molar-refractivity contribution in [2.24, 2.45) is 0 Å². The third kappa shape index (κ3) is 2.10. The second-order valence-electron chi connectivity index (χ2n) is 4.78. The van der Waals surface area contributed by atoms with E-state index in [0.29, 0.717) is 32.7 Å². The number of H-pyrrole nitrogens is 1. The minimum atomic E-state index is 0.171. The molecule has 0 aliphatic carbocycles. The molecule has 0 spiro atoms. The maximum absolute atomic E-state index is 12.2. The van der Waals surface area contributed by atoms with Gasteiger partial charge in [0.2, 0.25) is 5.91 Å². The molecule has 0 unspecified atom stereocenters. The lowest BCUT2D eigenvalue weighted by Gasteiger charge is -2.26. The molecule has 1 aromatic heterocycles. The Labute approximate surface area is 111 Å². The number of fused-ring (bicyclic) bond motifs is 1. The Kier molecular flexibility index (Phi) is 3.22. The normalized spacial score (nSPS) is 19.0. The lowest BCUT2D eigenvalue weighted by molar-refractivity contribution is -0.134. The number of imidazole rings is 1. The number of carbonyl (C=O) groups excluding carboxylic acids is 1. The molecule has 5 nitrogen and oxygen atoms in total. The molecule has 1 aromatic rings. The highest BCUT2D eigenvalue weighted by molar-refractivity contribution is 7.71. The van der Waals surface area contributed by atoms with Crippen LogP contribution >= 0.6 is 12.2 Å². The summed E-state index contributed by atoms with van der Waals surface area (Å²) in [5.41, 5.74) is 2.23. The summed E-state index contributed by atoms with van der Waals surface area (Å²) < 4.78 is 8.13. The molecule has 1 fully saturated rings. The molecule has 2 aliphatic heterocycles. The monoisotopic (exact) mass is 267 g/mol. The van der Waals surface area contributed by atoms with Crippen molar-refractivity contribution in [2.75, 3.05) is 26.3 Å². The summed E-state index contributed by atoms with van der Waals surface area (Å²) in [6, 6.07) is 0. The molecule has 3 heterocycles. The first kappa shape index (κ1) is 11.9. The Balaban J connectivity index is 1.74. The van der Waals surface area contributed by atoms with Crippen LogP contribution in [0.1, 0.15) is 17.8 Å². The van der Waals surface area contributed by atoms with Gasteiger partial charge in [0.1, 0.15) is 0 Å². The van der Waals surface area contributed by atoms with E-state index in [1.165, 1.54) is 5.69 Å². The second kappa shape index (κ2) is 4.85. The SMILES string of the molecule is O=C(Cc1[nH]c(=S)n2c1CCC2)N1CCOCC1. The van der Waals surface area contributed by atoms with Crippen LogP contribution in [-0.4, -0.2) is 46.7 Å². The maximum atomic E-state index is 12.2. The molecule has 6 heteroatoms. The average Bonchev–Trinajstić information content (AvgIpc) is 2.97. The molecule has 0 aromatic carbocycles. The van der Waals surface area contributed by atoms with E-state index in [1.54, 1.807) is 0 Å². The van der Waals surface area contributed by atoms with Gasteiger partial charge in [0, 0.05) is 31.0 Å². The van der Waals surface area contributed by atoms with Gasteiger partial charge in [-0.15, -0.1) is 0 Å². The number of nitrogens with zero attached hydrogens (tertiary/aromatic N) is 2. The molecule has 0 atom stereocenters. The van der Waals surface area contributed by atoms with Gasteiger partial charge >= 0.3 is 0 Å². The highest BCUT2D eigenvalue weighted by Gasteiger charge is 2.22. The van der Waals surface area contributed by atoms with E-state index >= 15 is 0 Å². The van der Waals surface area contributed by atoms with Crippen molar-refractivity contribution in [3.63, 3.8) is 0 Å². The molecule has 0 bridgehead atoms. The van der Waals surface area contributed by atoms with E-state index in [-0.39, 0.29) is 5.91 Å². The molecule has 1 N–H and O–H groups in total. The topological polar surface area (TPSA) is 50.3 Å². The Morgan fingerprint density at radius 2 is 2.11 bits per heavy atom. The first-order valence-corrected chi connectivity index (χ1v) is 6.82. The van der Waals surface area contributed by atoms with E-state index in [4.69, 9.17) is 17.0 Å². The number of nitrogens with one attached hydrogen (secondary N) is 1. The van der Waals surface area contributed by atoms with E-state index in [1.807, 2.05) is 4.90 Å². The van der Waals surface area contributed by atoms with Crippen LogP contribution in [0, 0.1) is 4.77 Å². The zero-order valence-electron chi connectivity index (χ0n) is 10.3. The Bertz CT molecular complexity index is 514. The number of hydrogen-bond acceptors (Lipinski definition) is 3. The molecule has 18 heavy (non-hydrogen) atoms. The molecule has 0 saturated carbocycles. The summed E-state index contributed by atoms with van der Waals surface area (Å²) in [6.45, 7) is 3.69. The van der Waals surface area contributed by atoms with Crippen molar-refractivity contribution < 1.29 is 9.53 Å². The first-order valence-electron chi connectivity index (χ1n) is 6.42. The Morgan fingerprint density at radius 3 is 2.89 bits per heavy atom. The van der Waals surface area contributed by atoms with Crippen molar-refractivity contribution in [1.82, 2.24) is 14.5 Å². The van der Waals surface area contributed by atoms with Crippen LogP contribution in [0.2, 0.25) is 0 Å². The van der Waals surface area contributed by atoms with Crippen LogP contribution < -0.4 is 0 Å². The summed E-state index contributed by atoms with van der Waals surface area (Å²) in [6.07, 6.45) is 2.59. The van der Waals surface area contributed by atoms with Crippen molar-refractivity contribution >= 4 is 18.1 Å². The van der Waals surface area contributed by atoms with Crippen molar-refractivity contribution in [3.05, 3.63) is 16.2 Å². The van der Waals surface area contributed by atoms with Gasteiger partial charge in [0.15, 0.2) is 4.77 Å². The van der Waals surface area contributed by atoms with Crippen molar-refractivity contribution in [1.29, 1.82) is 0 Å². The second-order valence-corrected chi connectivity index (χ2v) is 5.17. The van der Waals surface area contributed by atoms with Gasteiger partial charge in [-0.25, -0.2) is 0 Å². The number of ether oxygens (including phenoxy) is 1. The van der Waals surface area contributed by atoms with Gasteiger partial charge in [-0.2, -0.15) is 0 Å². The van der Waals surface area contributed by atoms with Gasteiger partial charge in [0.25, 0.3) is 0 Å². The first-order chi connectivity index (χ1) is 8.75. The number of morpholine rings is 1. The predicted molar refractivity (Wildman–Crippen MR) is 69.0 cm³/mol. The molecule has 3 rings (SSSR count). The third-order valence-electron chi connectivity index (χ3n) is 3.66. The molecule has 1 saturated heterocycles. The zero-order valence-corrected chi connectivity index (χ0v) is 11.1. The fraction of sp³-hybridized carbons (Fsp3) is 0.667. The highest BCUT2D eigenvalue weighted by atomic mass is 32.1. The van der Waals surface area contributed by atoms with Crippen LogP contribution in [0.15, 0.2) is 0 Å². The summed E-state index contributed by atoms with van der Waals surface area (Å²) in [5, 5.41) is 0. The number of amides is 1. The minimum Gasteiger partial charge on any atom is -0.378 e. The molecule has 98 valence electrons. The summed E-state index contributed by atoms with van der Waals surface area (Å²) in [7, 11) is 0. The molecular weight excluding hydrogens is 250 g/mol. The van der Waals surface area contributed by atoms with Crippen molar-refractivity contribution in [2.45, 2.75) is 25.8 Å². The van der Waals surface area contributed by atoms with E-state index in [9.17, 15) is 4.79 Å². The van der Waals surface area contributed by atoms with Crippen LogP contribution in [0.4, 0.5) is 0 Å². The number of hydrogen-bond donors (Lipinski definition) is 1. The largest absolute Gasteiger partial charge is 0.378 e. The minimum absolute atomic E-state index is 0.171. The number of carbonyl (C=O) groups is 1. The molecular formula is C12H17N3O2S. The quantitative estimate of drug-likeness (QED) is 0.810. The highest BCUT2D eigenvalue weighted by Crippen LogP contribution is 2.20. The average molecular weight is 267 g/mol. The van der Waals surface area contributed by atoms with Crippen LogP contribution in [0.25, 0.3) is 0 Å². The summed E-state index contributed by atoms with van der Waals surface area (Å²) in [5.74, 6) is 0.171. The maximum Gasteiger partial charge on any atom is 0.228 e. The number of aromatic amines is 1. The fourth-order valence-electron chi connectivity index (χ4n) is 2.70. The molecule has 1 amide bonds. The van der Waals surface area contributed by atoms with E-state index in [2.05, 4.69) is 9.55 Å². The van der Waals surface area contributed by atoms with Gasteiger partial charge in [-0.05, 0) is 25.1 Å². The van der Waals surface area contributed by atoms with Crippen LogP contribution in [-0.2, 0) is 28.9 Å². The Morgan fingerprint density at radius 1 is 1.33 bits per heavy atom. The van der Waals surface area contributed by atoms with Gasteiger partial charge in [0.05, 0.1) is 19.6 Å². The molecule has 2 aliphatic rings. The summed E-state index contributed by atoms with van der Waals surface area (Å²) >= 11 is 5.27. The van der Waals surface area contributed by atoms with Gasteiger partial charge in [-0.1, -0.05) is 0 Å². The van der Waals surface area contributed by atoms with Crippen LogP contribution in [0.5, 0.6) is 0 Å². The number of rotatable bonds is 2. The van der Waals surface area contributed by atoms with Crippen molar-refractivity contribution in [3.8, 4) is 0 Å². The molecule has 0 radical (unpaired) electrons.